The molecule has 42 heavy (non-hydrogen) atoms. The first-order valence-electron chi connectivity index (χ1n) is 13.7. The van der Waals surface area contributed by atoms with Gasteiger partial charge in [-0.05, 0) is 64.9 Å². The van der Waals surface area contributed by atoms with Gasteiger partial charge in [-0.3, -0.25) is 0 Å². The second kappa shape index (κ2) is 11.1. The maximum absolute atomic E-state index is 13.8. The van der Waals surface area contributed by atoms with Crippen LogP contribution < -0.4 is 18.9 Å². The Morgan fingerprint density at radius 3 is 1.67 bits per heavy atom. The van der Waals surface area contributed by atoms with E-state index in [2.05, 4.69) is 30.3 Å². The molecule has 1 aliphatic heterocycles. The molecule has 0 radical (unpaired) electrons. The van der Waals surface area contributed by atoms with E-state index in [1.54, 1.807) is 21.3 Å². The van der Waals surface area contributed by atoms with Crippen molar-refractivity contribution in [3.63, 3.8) is 0 Å². The van der Waals surface area contributed by atoms with Gasteiger partial charge in [0.15, 0.2) is 0 Å². The van der Waals surface area contributed by atoms with Crippen molar-refractivity contribution in [3.8, 4) is 34.1 Å². The highest BCUT2D eigenvalue weighted by molar-refractivity contribution is 6.12. The van der Waals surface area contributed by atoms with E-state index in [0.717, 1.165) is 55.8 Å². The second-order valence-corrected chi connectivity index (χ2v) is 10.3. The van der Waals surface area contributed by atoms with E-state index in [1.165, 1.54) is 7.11 Å². The summed E-state index contributed by atoms with van der Waals surface area (Å²) in [5.74, 6) is 2.57. The monoisotopic (exact) mass is 560 g/mol. The normalized spacial score (nSPS) is 13.5. The number of esters is 1. The van der Waals surface area contributed by atoms with Gasteiger partial charge in [-0.1, -0.05) is 60.7 Å². The van der Waals surface area contributed by atoms with Crippen LogP contribution in [-0.2, 0) is 16.6 Å². The van der Waals surface area contributed by atoms with Gasteiger partial charge in [-0.2, -0.15) is 0 Å². The van der Waals surface area contributed by atoms with E-state index in [-0.39, 0.29) is 0 Å². The molecule has 0 spiro atoms. The molecule has 0 saturated carbocycles. The summed E-state index contributed by atoms with van der Waals surface area (Å²) in [6.07, 6.45) is 0.513. The summed E-state index contributed by atoms with van der Waals surface area (Å²) in [6, 6.07) is 31.9. The van der Waals surface area contributed by atoms with Crippen LogP contribution >= 0.6 is 0 Å². The number of carbonyl (C=O) groups is 1. The molecule has 0 unspecified atom stereocenters. The van der Waals surface area contributed by atoms with E-state index in [0.29, 0.717) is 24.3 Å². The summed E-state index contributed by atoms with van der Waals surface area (Å²) in [5.41, 5.74) is 4.51. The molecule has 0 amide bonds. The highest BCUT2D eigenvalue weighted by Crippen LogP contribution is 2.50. The number of ether oxygens (including phenoxy) is 5. The Labute approximate surface area is 245 Å². The number of methoxy groups -OCH3 is 4. The molecule has 0 aromatic heterocycles. The summed E-state index contributed by atoms with van der Waals surface area (Å²) >= 11 is 0. The second-order valence-electron chi connectivity index (χ2n) is 10.3. The van der Waals surface area contributed by atoms with Crippen LogP contribution in [0.4, 0.5) is 0 Å². The Bertz CT molecular complexity index is 1690. The largest absolute Gasteiger partial charge is 0.497 e. The minimum atomic E-state index is -0.603. The van der Waals surface area contributed by atoms with E-state index >= 15 is 0 Å². The van der Waals surface area contributed by atoms with Crippen LogP contribution in [-0.4, -0.2) is 41.0 Å². The molecule has 0 saturated heterocycles. The summed E-state index contributed by atoms with van der Waals surface area (Å²) in [4.78, 5) is 13.8. The third-order valence-corrected chi connectivity index (χ3v) is 8.26. The standard InChI is InChI=1S/C36H32O6/c1-38-26-15-9-23(10-16-26)32-29-7-5-6-8-30(29)34-31(33(32)35(37)41-4)21-36(22-42-34,24-11-17-27(39-2)18-12-24)25-13-19-28(40-3)20-14-25/h5-20H,21-22H2,1-4H3. The predicted molar refractivity (Wildman–Crippen MR) is 163 cm³/mol. The van der Waals surface area contributed by atoms with Gasteiger partial charge in [-0.15, -0.1) is 0 Å². The molecule has 212 valence electrons. The molecule has 1 aliphatic rings. The Morgan fingerprint density at radius 2 is 1.17 bits per heavy atom. The van der Waals surface area contributed by atoms with Crippen LogP contribution in [0.15, 0.2) is 97.1 Å². The van der Waals surface area contributed by atoms with E-state index in [4.69, 9.17) is 23.7 Å². The number of benzene rings is 5. The molecular weight excluding hydrogens is 528 g/mol. The van der Waals surface area contributed by atoms with E-state index in [9.17, 15) is 4.79 Å². The van der Waals surface area contributed by atoms with E-state index < -0.39 is 11.4 Å². The Kier molecular flexibility index (Phi) is 7.21. The smallest absolute Gasteiger partial charge is 0.338 e. The number of carbonyl (C=O) groups excluding carboxylic acids is 1. The van der Waals surface area contributed by atoms with Crippen molar-refractivity contribution in [2.24, 2.45) is 0 Å². The highest BCUT2D eigenvalue weighted by Gasteiger charge is 2.43. The van der Waals surface area contributed by atoms with Crippen molar-refractivity contribution in [1.29, 1.82) is 0 Å². The fourth-order valence-electron chi connectivity index (χ4n) is 6.08. The van der Waals surface area contributed by atoms with Gasteiger partial charge in [0, 0.05) is 16.5 Å². The molecule has 0 fully saturated rings. The van der Waals surface area contributed by atoms with Gasteiger partial charge < -0.3 is 23.7 Å². The number of fused-ring (bicyclic) bond motifs is 3. The maximum atomic E-state index is 13.8. The third kappa shape index (κ3) is 4.49. The zero-order valence-electron chi connectivity index (χ0n) is 24.1. The first-order chi connectivity index (χ1) is 20.5. The fraction of sp³-hybridized carbons (Fsp3) is 0.194. The molecule has 6 rings (SSSR count). The van der Waals surface area contributed by atoms with Crippen molar-refractivity contribution in [3.05, 3.63) is 119 Å². The van der Waals surface area contributed by atoms with Gasteiger partial charge in [0.05, 0.1) is 39.4 Å². The molecule has 1 heterocycles. The number of rotatable bonds is 7. The van der Waals surface area contributed by atoms with Crippen molar-refractivity contribution in [2.45, 2.75) is 11.8 Å². The lowest BCUT2D eigenvalue weighted by molar-refractivity contribution is 0.0598. The number of hydrogen-bond acceptors (Lipinski definition) is 6. The Morgan fingerprint density at radius 1 is 0.667 bits per heavy atom. The predicted octanol–water partition coefficient (Wildman–Crippen LogP) is 7.24. The molecule has 5 aromatic carbocycles. The summed E-state index contributed by atoms with van der Waals surface area (Å²) in [7, 11) is 6.37. The van der Waals surface area contributed by atoms with Gasteiger partial charge in [-0.25, -0.2) is 4.79 Å². The quantitative estimate of drug-likeness (QED) is 0.196. The summed E-state index contributed by atoms with van der Waals surface area (Å²) in [6.45, 7) is 0.380. The van der Waals surface area contributed by atoms with Gasteiger partial charge in [0.25, 0.3) is 0 Å². The van der Waals surface area contributed by atoms with Crippen molar-refractivity contribution in [1.82, 2.24) is 0 Å². The molecular formula is C36H32O6. The zero-order chi connectivity index (χ0) is 29.3. The van der Waals surface area contributed by atoms with Gasteiger partial charge in [0.1, 0.15) is 29.6 Å². The summed E-state index contributed by atoms with van der Waals surface area (Å²) in [5, 5.41) is 1.87. The highest BCUT2D eigenvalue weighted by atomic mass is 16.5. The summed E-state index contributed by atoms with van der Waals surface area (Å²) < 4.78 is 28.5. The van der Waals surface area contributed by atoms with Crippen LogP contribution in [0.2, 0.25) is 0 Å². The van der Waals surface area contributed by atoms with Gasteiger partial charge in [0.2, 0.25) is 0 Å². The third-order valence-electron chi connectivity index (χ3n) is 8.26. The first kappa shape index (κ1) is 27.2. The Hall–Kier alpha value is -4.97. The topological polar surface area (TPSA) is 63.2 Å². The Balaban J connectivity index is 1.65. The number of hydrogen-bond donors (Lipinski definition) is 0. The minimum absolute atomic E-state index is 0.380. The zero-order valence-corrected chi connectivity index (χ0v) is 24.1. The van der Waals surface area contributed by atoms with Crippen LogP contribution in [0.5, 0.6) is 23.0 Å². The van der Waals surface area contributed by atoms with Crippen molar-refractivity contribution < 1.29 is 28.5 Å². The van der Waals surface area contributed by atoms with Crippen molar-refractivity contribution >= 4 is 16.7 Å². The van der Waals surface area contributed by atoms with Crippen molar-refractivity contribution in [2.75, 3.05) is 35.0 Å². The molecule has 0 N–H and O–H groups in total. The maximum Gasteiger partial charge on any atom is 0.338 e. The lowest BCUT2D eigenvalue weighted by Crippen LogP contribution is -2.41. The molecule has 5 aromatic rings. The average molecular weight is 561 g/mol. The molecule has 0 aliphatic carbocycles. The molecule has 0 bridgehead atoms. The lowest BCUT2D eigenvalue weighted by Gasteiger charge is -2.40. The van der Waals surface area contributed by atoms with Crippen LogP contribution in [0.25, 0.3) is 21.9 Å². The molecule has 6 nitrogen and oxygen atoms in total. The average Bonchev–Trinajstić information content (AvgIpc) is 3.07. The molecule has 6 heteroatoms. The molecule has 0 atom stereocenters. The van der Waals surface area contributed by atoms with E-state index in [1.807, 2.05) is 66.7 Å². The first-order valence-corrected chi connectivity index (χ1v) is 13.7. The minimum Gasteiger partial charge on any atom is -0.497 e. The van der Waals surface area contributed by atoms with Crippen LogP contribution in [0.1, 0.15) is 27.0 Å². The SMILES string of the molecule is COC(=O)c1c2c(c3ccccc3c1-c1ccc(OC)cc1)OCC(c1ccc(OC)cc1)(c1ccc(OC)cc1)C2. The van der Waals surface area contributed by atoms with Gasteiger partial charge >= 0.3 is 5.97 Å². The lowest BCUT2D eigenvalue weighted by atomic mass is 9.68. The fourth-order valence-corrected chi connectivity index (χ4v) is 6.08. The van der Waals surface area contributed by atoms with Crippen LogP contribution in [0, 0.1) is 0 Å². The van der Waals surface area contributed by atoms with Crippen LogP contribution in [0.3, 0.4) is 0 Å².